The van der Waals surface area contributed by atoms with Crippen molar-refractivity contribution in [2.75, 3.05) is 33.8 Å². The number of amides is 3. The van der Waals surface area contributed by atoms with Gasteiger partial charge in [0, 0.05) is 58.9 Å². The summed E-state index contributed by atoms with van der Waals surface area (Å²) in [5.41, 5.74) is 0.415. The number of ether oxygens (including phenoxy) is 2. The summed E-state index contributed by atoms with van der Waals surface area (Å²) >= 11 is 0. The number of likely N-dealkylation sites (N-methyl/N-ethyl adjacent to an activating group) is 1. The number of likely N-dealkylation sites (tertiary alicyclic amines) is 2. The smallest absolute Gasteiger partial charge is 0.255 e. The topological polar surface area (TPSA) is 88.2 Å². The molecule has 2 saturated heterocycles. The van der Waals surface area contributed by atoms with Crippen molar-refractivity contribution in [2.45, 2.75) is 44.8 Å². The molecule has 0 aliphatic carbocycles. The van der Waals surface area contributed by atoms with Gasteiger partial charge >= 0.3 is 0 Å². The maximum atomic E-state index is 13.0. The Morgan fingerprint density at radius 3 is 2.52 bits per heavy atom. The van der Waals surface area contributed by atoms with Crippen molar-refractivity contribution in [1.82, 2.24) is 15.1 Å². The lowest BCUT2D eigenvalue weighted by atomic mass is 10.0. The highest BCUT2D eigenvalue weighted by Crippen LogP contribution is 2.27. The molecule has 29 heavy (non-hydrogen) atoms. The van der Waals surface area contributed by atoms with Gasteiger partial charge in [0.25, 0.3) is 5.91 Å². The molecule has 2 heterocycles. The summed E-state index contributed by atoms with van der Waals surface area (Å²) in [6.07, 6.45) is 2.45. The molecule has 1 aromatic rings. The zero-order valence-corrected chi connectivity index (χ0v) is 17.3. The van der Waals surface area contributed by atoms with E-state index in [0.717, 1.165) is 12.8 Å². The van der Waals surface area contributed by atoms with Crippen LogP contribution in [-0.4, -0.2) is 73.5 Å². The normalized spacial score (nSPS) is 20.4. The molecule has 1 N–H and O–H groups in total. The maximum absolute atomic E-state index is 13.0. The number of carbonyl (C=O) groups is 3. The van der Waals surface area contributed by atoms with Crippen LogP contribution in [0.1, 0.15) is 43.0 Å². The van der Waals surface area contributed by atoms with E-state index in [-0.39, 0.29) is 29.9 Å². The first kappa shape index (κ1) is 21.0. The predicted molar refractivity (Wildman–Crippen MR) is 107 cm³/mol. The number of nitrogens with one attached hydrogen (secondary N) is 1. The van der Waals surface area contributed by atoms with E-state index in [4.69, 9.17) is 9.47 Å². The number of methoxy groups -OCH3 is 1. The zero-order valence-electron chi connectivity index (χ0n) is 17.3. The largest absolute Gasteiger partial charge is 0.497 e. The van der Waals surface area contributed by atoms with Gasteiger partial charge in [0.1, 0.15) is 17.6 Å². The van der Waals surface area contributed by atoms with Crippen molar-refractivity contribution in [3.63, 3.8) is 0 Å². The summed E-state index contributed by atoms with van der Waals surface area (Å²) in [7, 11) is 3.30. The van der Waals surface area contributed by atoms with Gasteiger partial charge in [0.05, 0.1) is 12.7 Å². The number of piperidine rings is 2. The molecule has 8 nitrogen and oxygen atoms in total. The van der Waals surface area contributed by atoms with Gasteiger partial charge < -0.3 is 24.6 Å². The molecule has 1 aromatic carbocycles. The van der Waals surface area contributed by atoms with Crippen molar-refractivity contribution < 1.29 is 23.9 Å². The molecule has 0 bridgehead atoms. The van der Waals surface area contributed by atoms with Crippen molar-refractivity contribution in [3.8, 4) is 11.5 Å². The van der Waals surface area contributed by atoms with Gasteiger partial charge in [-0.15, -0.1) is 0 Å². The van der Waals surface area contributed by atoms with Crippen LogP contribution in [0.15, 0.2) is 18.2 Å². The lowest BCUT2D eigenvalue weighted by Gasteiger charge is -2.32. The second kappa shape index (κ2) is 9.15. The van der Waals surface area contributed by atoms with Crippen molar-refractivity contribution in [3.05, 3.63) is 23.8 Å². The Kier molecular flexibility index (Phi) is 6.61. The maximum Gasteiger partial charge on any atom is 0.255 e. The van der Waals surface area contributed by atoms with E-state index in [1.807, 2.05) is 4.90 Å². The molecule has 158 valence electrons. The fourth-order valence-electron chi connectivity index (χ4n) is 3.78. The highest BCUT2D eigenvalue weighted by atomic mass is 16.5. The van der Waals surface area contributed by atoms with Crippen LogP contribution in [-0.2, 0) is 9.59 Å². The van der Waals surface area contributed by atoms with Gasteiger partial charge in [-0.25, -0.2) is 0 Å². The number of hydrogen-bond acceptors (Lipinski definition) is 5. The highest BCUT2D eigenvalue weighted by Gasteiger charge is 2.27. The van der Waals surface area contributed by atoms with Crippen molar-refractivity contribution >= 4 is 17.7 Å². The van der Waals surface area contributed by atoms with Gasteiger partial charge in [0.15, 0.2) is 0 Å². The van der Waals surface area contributed by atoms with E-state index in [2.05, 4.69) is 5.32 Å². The third kappa shape index (κ3) is 5.19. The monoisotopic (exact) mass is 403 g/mol. The van der Waals surface area contributed by atoms with Crippen LogP contribution in [0, 0.1) is 0 Å². The molecule has 1 atom stereocenters. The Morgan fingerprint density at radius 1 is 1.17 bits per heavy atom. The Balaban J connectivity index is 1.69. The molecule has 2 aliphatic rings. The molecule has 3 amide bonds. The van der Waals surface area contributed by atoms with Gasteiger partial charge in [-0.3, -0.25) is 14.4 Å². The van der Waals surface area contributed by atoms with Crippen LogP contribution >= 0.6 is 0 Å². The van der Waals surface area contributed by atoms with Crippen LogP contribution in [0.2, 0.25) is 0 Å². The average molecular weight is 403 g/mol. The molecule has 3 rings (SSSR count). The first-order chi connectivity index (χ1) is 13.9. The van der Waals surface area contributed by atoms with E-state index < -0.39 is 0 Å². The second-order valence-corrected chi connectivity index (χ2v) is 7.67. The van der Waals surface area contributed by atoms with Crippen LogP contribution in [0.25, 0.3) is 0 Å². The Morgan fingerprint density at radius 2 is 1.90 bits per heavy atom. The van der Waals surface area contributed by atoms with E-state index in [9.17, 15) is 14.4 Å². The molecular formula is C21H29N3O5. The number of rotatable bonds is 5. The fraction of sp³-hybridized carbons (Fsp3) is 0.571. The summed E-state index contributed by atoms with van der Waals surface area (Å²) in [6, 6.07) is 5.10. The lowest BCUT2D eigenvalue weighted by Crippen LogP contribution is -2.48. The molecule has 0 aromatic heterocycles. The zero-order chi connectivity index (χ0) is 21.0. The average Bonchev–Trinajstić information content (AvgIpc) is 2.71. The van der Waals surface area contributed by atoms with Gasteiger partial charge in [-0.2, -0.15) is 0 Å². The molecule has 8 heteroatoms. The molecule has 0 radical (unpaired) electrons. The van der Waals surface area contributed by atoms with E-state index >= 15 is 0 Å². The minimum atomic E-state index is -0.243. The fourth-order valence-corrected chi connectivity index (χ4v) is 3.78. The summed E-state index contributed by atoms with van der Waals surface area (Å²) in [4.78, 5) is 39.6. The Labute approximate surface area is 171 Å². The van der Waals surface area contributed by atoms with Crippen molar-refractivity contribution in [2.24, 2.45) is 0 Å². The Bertz CT molecular complexity index is 774. The van der Waals surface area contributed by atoms with Crippen LogP contribution < -0.4 is 14.8 Å². The third-order valence-electron chi connectivity index (χ3n) is 5.57. The van der Waals surface area contributed by atoms with E-state index in [0.29, 0.717) is 49.5 Å². The van der Waals surface area contributed by atoms with E-state index in [1.54, 1.807) is 44.2 Å². The number of nitrogens with zero attached hydrogens (tertiary/aromatic N) is 2. The molecule has 2 aliphatic heterocycles. The first-order valence-corrected chi connectivity index (χ1v) is 10.0. The van der Waals surface area contributed by atoms with Crippen LogP contribution in [0.5, 0.6) is 11.5 Å². The van der Waals surface area contributed by atoms with Gasteiger partial charge in [-0.1, -0.05) is 0 Å². The highest BCUT2D eigenvalue weighted by molar-refractivity contribution is 5.97. The molecule has 2 fully saturated rings. The summed E-state index contributed by atoms with van der Waals surface area (Å²) in [5, 5.41) is 3.02. The lowest BCUT2D eigenvalue weighted by molar-refractivity contribution is -0.132. The SMILES string of the molecule is COc1ccc(OC2CCN(C(C)=O)CC2)c(C(=O)NC2CCC(=O)N(C)C2)c1. The number of benzene rings is 1. The standard InChI is InChI=1S/C21H29N3O5/c1-14(25)24-10-8-16(9-11-24)29-19-6-5-17(28-3)12-18(19)21(27)22-15-4-7-20(26)23(2)13-15/h5-6,12,15-16H,4,7-11,13H2,1-3H3,(H,22,27). The molecular weight excluding hydrogens is 374 g/mol. The molecule has 0 saturated carbocycles. The number of hydrogen-bond donors (Lipinski definition) is 1. The van der Waals surface area contributed by atoms with Crippen molar-refractivity contribution in [1.29, 1.82) is 0 Å². The Hall–Kier alpha value is -2.77. The minimum Gasteiger partial charge on any atom is -0.497 e. The quantitative estimate of drug-likeness (QED) is 0.804. The van der Waals surface area contributed by atoms with Gasteiger partial charge in [0.2, 0.25) is 11.8 Å². The minimum absolute atomic E-state index is 0.0519. The first-order valence-electron chi connectivity index (χ1n) is 10.0. The van der Waals surface area contributed by atoms with Crippen LogP contribution in [0.4, 0.5) is 0 Å². The predicted octanol–water partition coefficient (Wildman–Crippen LogP) is 1.44. The molecule has 0 spiro atoms. The van der Waals surface area contributed by atoms with Crippen LogP contribution in [0.3, 0.4) is 0 Å². The summed E-state index contributed by atoms with van der Waals surface area (Å²) in [5.74, 6) is 1.00. The van der Waals surface area contributed by atoms with E-state index in [1.165, 1.54) is 0 Å². The summed E-state index contributed by atoms with van der Waals surface area (Å²) in [6.45, 7) is 3.37. The van der Waals surface area contributed by atoms with Gasteiger partial charge in [-0.05, 0) is 24.6 Å². The second-order valence-electron chi connectivity index (χ2n) is 7.67. The third-order valence-corrected chi connectivity index (χ3v) is 5.57. The molecule has 1 unspecified atom stereocenters. The summed E-state index contributed by atoms with van der Waals surface area (Å²) < 4.78 is 11.4. The number of carbonyl (C=O) groups excluding carboxylic acids is 3.